The van der Waals surface area contributed by atoms with Crippen LogP contribution in [0.1, 0.15) is 47.0 Å². The second kappa shape index (κ2) is 4.77. The summed E-state index contributed by atoms with van der Waals surface area (Å²) in [5.74, 6) is -0.445. The van der Waals surface area contributed by atoms with E-state index in [1.54, 1.807) is 0 Å². The van der Waals surface area contributed by atoms with Crippen LogP contribution < -0.4 is 0 Å². The van der Waals surface area contributed by atoms with E-state index in [0.29, 0.717) is 12.8 Å². The third kappa shape index (κ3) is 4.23. The predicted octanol–water partition coefficient (Wildman–Crippen LogP) is 3.46. The van der Waals surface area contributed by atoms with Gasteiger partial charge in [0, 0.05) is 0 Å². The van der Waals surface area contributed by atoms with Crippen LogP contribution in [0.4, 0.5) is 0 Å². The first-order valence-corrected chi connectivity index (χ1v) is 8.13. The number of hydrogen-bond donors (Lipinski definition) is 1. The summed E-state index contributed by atoms with van der Waals surface area (Å²) in [6.07, 6.45) is 2.00. The largest absolute Gasteiger partial charge is 0.285 e. The van der Waals surface area contributed by atoms with E-state index in [-0.39, 0.29) is 10.8 Å². The third-order valence-electron chi connectivity index (χ3n) is 3.38. The van der Waals surface area contributed by atoms with Crippen LogP contribution >= 0.6 is 23.6 Å². The molecule has 4 nitrogen and oxygen atoms in total. The van der Waals surface area contributed by atoms with E-state index >= 15 is 0 Å². The van der Waals surface area contributed by atoms with Gasteiger partial charge in [0.1, 0.15) is 0 Å². The smallest absolute Gasteiger partial charge is 0.266 e. The van der Waals surface area contributed by atoms with Crippen molar-refractivity contribution in [1.82, 2.24) is 3.94 Å². The average molecular weight is 318 g/mol. The third-order valence-corrected chi connectivity index (χ3v) is 5.00. The summed E-state index contributed by atoms with van der Waals surface area (Å²) < 4.78 is 32.6. The van der Waals surface area contributed by atoms with E-state index in [1.165, 1.54) is 0 Å². The molecule has 0 aromatic rings. The Kier molecular flexibility index (Phi) is 4.38. The average Bonchev–Trinajstić information content (AvgIpc) is 1.91. The minimum Gasteiger partial charge on any atom is -0.285 e. The molecule has 0 spiro atoms. The second-order valence-corrected chi connectivity index (χ2v) is 9.34. The van der Waals surface area contributed by atoms with Gasteiger partial charge in [-0.2, -0.15) is 8.42 Å². The molecule has 0 aromatic heterocycles. The zero-order valence-electron chi connectivity index (χ0n) is 11.2. The van der Waals surface area contributed by atoms with Crippen LogP contribution in [0.2, 0.25) is 0 Å². The van der Waals surface area contributed by atoms with E-state index < -0.39 is 21.4 Å². The van der Waals surface area contributed by atoms with Crippen molar-refractivity contribution in [2.45, 2.75) is 52.5 Å². The first-order chi connectivity index (χ1) is 7.77. The molecule has 1 aliphatic carbocycles. The van der Waals surface area contributed by atoms with Gasteiger partial charge >= 0.3 is 0 Å². The maximum atomic E-state index is 11.2. The number of nitrogens with zero attached hydrogens (tertiary/aromatic N) is 1. The fraction of sp³-hybridized carbons (Fsp3) is 1.00. The molecule has 108 valence electrons. The Labute approximate surface area is 120 Å². The number of halogens is 2. The number of rotatable bonds is 3. The molecule has 0 heterocycles. The predicted molar refractivity (Wildman–Crippen MR) is 74.1 cm³/mol. The lowest BCUT2D eigenvalue weighted by Gasteiger charge is -2.52. The monoisotopic (exact) mass is 317 g/mol. The van der Waals surface area contributed by atoms with Crippen molar-refractivity contribution in [3.05, 3.63) is 0 Å². The molecule has 0 radical (unpaired) electrons. The molecule has 0 atom stereocenters. The molecule has 0 aromatic carbocycles. The highest BCUT2D eigenvalue weighted by Gasteiger charge is 2.52. The SMILES string of the molecule is CC1(C)CC(C)(C)CC(CS(=O)(=O)O)(N(Cl)Cl)C1. The van der Waals surface area contributed by atoms with Crippen molar-refractivity contribution in [2.24, 2.45) is 10.8 Å². The molecule has 18 heavy (non-hydrogen) atoms. The van der Waals surface area contributed by atoms with E-state index in [0.717, 1.165) is 10.4 Å². The summed E-state index contributed by atoms with van der Waals surface area (Å²) in [5, 5.41) is 0. The van der Waals surface area contributed by atoms with Gasteiger partial charge in [0.2, 0.25) is 0 Å². The van der Waals surface area contributed by atoms with Gasteiger partial charge in [-0.25, -0.2) is 0 Å². The Bertz CT molecular complexity index is 402. The Morgan fingerprint density at radius 1 is 1.06 bits per heavy atom. The van der Waals surface area contributed by atoms with Crippen LogP contribution in [0.5, 0.6) is 0 Å². The summed E-state index contributed by atoms with van der Waals surface area (Å²) in [7, 11) is -4.14. The fourth-order valence-corrected chi connectivity index (χ4v) is 5.39. The Morgan fingerprint density at radius 2 is 1.44 bits per heavy atom. The molecule has 0 bridgehead atoms. The van der Waals surface area contributed by atoms with Gasteiger partial charge in [0.25, 0.3) is 10.1 Å². The highest BCUT2D eigenvalue weighted by Crippen LogP contribution is 2.53. The van der Waals surface area contributed by atoms with Crippen molar-refractivity contribution in [2.75, 3.05) is 5.75 Å². The summed E-state index contributed by atoms with van der Waals surface area (Å²) in [4.78, 5) is 0. The van der Waals surface area contributed by atoms with Crippen LogP contribution in [0.3, 0.4) is 0 Å². The van der Waals surface area contributed by atoms with Crippen LogP contribution in [-0.2, 0) is 10.1 Å². The molecule has 1 saturated carbocycles. The molecule has 1 N–H and O–H groups in total. The molecule has 0 amide bonds. The first-order valence-electron chi connectivity index (χ1n) is 5.84. The van der Waals surface area contributed by atoms with E-state index in [4.69, 9.17) is 28.1 Å². The molecule has 1 fully saturated rings. The van der Waals surface area contributed by atoms with Gasteiger partial charge < -0.3 is 0 Å². The Hall–Kier alpha value is 0.450. The van der Waals surface area contributed by atoms with Gasteiger partial charge in [-0.3, -0.25) is 4.55 Å². The first kappa shape index (κ1) is 16.5. The van der Waals surface area contributed by atoms with E-state index in [2.05, 4.69) is 27.7 Å². The Balaban J connectivity index is 3.18. The highest BCUT2D eigenvalue weighted by molar-refractivity contribution is 7.85. The zero-order chi connectivity index (χ0) is 14.4. The molecular weight excluding hydrogens is 297 g/mol. The van der Waals surface area contributed by atoms with Crippen molar-refractivity contribution in [1.29, 1.82) is 0 Å². The summed E-state index contributed by atoms with van der Waals surface area (Å²) in [6, 6.07) is 0. The lowest BCUT2D eigenvalue weighted by molar-refractivity contribution is 0.0252. The van der Waals surface area contributed by atoms with Crippen molar-refractivity contribution < 1.29 is 13.0 Å². The number of hydrogen-bond acceptors (Lipinski definition) is 3. The molecular formula is C11H21Cl2NO3S. The van der Waals surface area contributed by atoms with E-state index in [9.17, 15) is 8.42 Å². The summed E-state index contributed by atoms with van der Waals surface area (Å²) in [6.45, 7) is 8.24. The summed E-state index contributed by atoms with van der Waals surface area (Å²) in [5.41, 5.74) is -1.12. The van der Waals surface area contributed by atoms with Gasteiger partial charge in [-0.15, -0.1) is 3.94 Å². The lowest BCUT2D eigenvalue weighted by atomic mass is 9.59. The normalized spacial score (nSPS) is 26.2. The van der Waals surface area contributed by atoms with Gasteiger partial charge in [-0.05, 0) is 53.6 Å². The molecule has 0 unspecified atom stereocenters. The van der Waals surface area contributed by atoms with Crippen LogP contribution in [-0.4, -0.2) is 28.2 Å². The molecule has 7 heteroatoms. The van der Waals surface area contributed by atoms with Crippen molar-refractivity contribution >= 4 is 33.7 Å². The quantitative estimate of drug-likeness (QED) is 0.639. The molecule has 1 aliphatic rings. The zero-order valence-corrected chi connectivity index (χ0v) is 13.5. The topological polar surface area (TPSA) is 57.6 Å². The lowest BCUT2D eigenvalue weighted by Crippen LogP contribution is -2.54. The fourth-order valence-electron chi connectivity index (χ4n) is 3.87. The van der Waals surface area contributed by atoms with Crippen LogP contribution in [0.15, 0.2) is 0 Å². The molecule has 0 saturated heterocycles. The van der Waals surface area contributed by atoms with Gasteiger partial charge in [0.15, 0.2) is 0 Å². The highest BCUT2D eigenvalue weighted by atomic mass is 35.5. The van der Waals surface area contributed by atoms with Gasteiger partial charge in [-0.1, -0.05) is 27.7 Å². The van der Waals surface area contributed by atoms with Gasteiger partial charge in [0.05, 0.1) is 11.3 Å². The van der Waals surface area contributed by atoms with E-state index in [1.807, 2.05) is 0 Å². The maximum Gasteiger partial charge on any atom is 0.266 e. The van der Waals surface area contributed by atoms with Crippen molar-refractivity contribution in [3.8, 4) is 0 Å². The minimum atomic E-state index is -4.14. The van der Waals surface area contributed by atoms with Crippen LogP contribution in [0, 0.1) is 10.8 Å². The minimum absolute atomic E-state index is 0.0888. The van der Waals surface area contributed by atoms with Crippen molar-refractivity contribution in [3.63, 3.8) is 0 Å². The van der Waals surface area contributed by atoms with Crippen LogP contribution in [0.25, 0.3) is 0 Å². The second-order valence-electron chi connectivity index (χ2n) is 7.04. The Morgan fingerprint density at radius 3 is 1.72 bits per heavy atom. The maximum absolute atomic E-state index is 11.2. The molecule has 0 aliphatic heterocycles. The summed E-state index contributed by atoms with van der Waals surface area (Å²) >= 11 is 11.8. The molecule has 1 rings (SSSR count). The standard InChI is InChI=1S/C11H21Cl2NO3S/c1-9(2)5-10(3,4)7-11(6-9,14(12)13)8-18(15,16)17/h5-8H2,1-4H3,(H,15,16,17).